The molecule has 1 aromatic carbocycles. The highest BCUT2D eigenvalue weighted by molar-refractivity contribution is 8.18. The van der Waals surface area contributed by atoms with E-state index in [2.05, 4.69) is 56.1 Å². The van der Waals surface area contributed by atoms with Gasteiger partial charge in [0, 0.05) is 17.8 Å². The lowest BCUT2D eigenvalue weighted by Crippen LogP contribution is -2.44. The van der Waals surface area contributed by atoms with E-state index in [1.165, 1.54) is 16.8 Å². The Morgan fingerprint density at radius 2 is 2.04 bits per heavy atom. The average molecular weight is 328 g/mol. The number of carbonyl (C=O) groups is 2. The maximum atomic E-state index is 11.7. The fourth-order valence-corrected chi connectivity index (χ4v) is 4.02. The van der Waals surface area contributed by atoms with Crippen LogP contribution in [0.15, 0.2) is 29.2 Å². The van der Waals surface area contributed by atoms with Gasteiger partial charge >= 0.3 is 0 Å². The molecule has 0 atom stereocenters. The van der Waals surface area contributed by atoms with Gasteiger partial charge in [-0.1, -0.05) is 12.1 Å². The van der Waals surface area contributed by atoms with E-state index >= 15 is 0 Å². The first-order valence-electron chi connectivity index (χ1n) is 7.68. The Labute approximate surface area is 140 Å². The molecule has 120 valence electrons. The van der Waals surface area contributed by atoms with Gasteiger partial charge in [0.15, 0.2) is 0 Å². The molecule has 1 saturated heterocycles. The summed E-state index contributed by atoms with van der Waals surface area (Å²) in [4.78, 5) is 25.8. The van der Waals surface area contributed by atoms with E-state index in [9.17, 15) is 9.59 Å². The van der Waals surface area contributed by atoms with Gasteiger partial charge in [-0.3, -0.25) is 14.9 Å². The van der Waals surface area contributed by atoms with E-state index in [4.69, 9.17) is 0 Å². The van der Waals surface area contributed by atoms with Crippen molar-refractivity contribution in [1.29, 1.82) is 0 Å². The molecule has 2 heterocycles. The van der Waals surface area contributed by atoms with Gasteiger partial charge in [-0.25, -0.2) is 0 Å². The third-order valence-electron chi connectivity index (χ3n) is 4.26. The van der Waals surface area contributed by atoms with Crippen molar-refractivity contribution < 1.29 is 9.59 Å². The van der Waals surface area contributed by atoms with Gasteiger partial charge in [0.05, 0.1) is 10.4 Å². The molecule has 1 fully saturated rings. The van der Waals surface area contributed by atoms with Crippen LogP contribution in [0.3, 0.4) is 0 Å². The van der Waals surface area contributed by atoms with Crippen LogP contribution >= 0.6 is 11.8 Å². The van der Waals surface area contributed by atoms with Crippen molar-refractivity contribution in [2.45, 2.75) is 33.2 Å². The van der Waals surface area contributed by atoms with Gasteiger partial charge in [0.25, 0.3) is 11.1 Å². The van der Waals surface area contributed by atoms with Gasteiger partial charge in [-0.05, 0) is 68.8 Å². The number of rotatable bonds is 2. The van der Waals surface area contributed by atoms with Crippen LogP contribution in [-0.2, 0) is 4.79 Å². The van der Waals surface area contributed by atoms with Crippen LogP contribution in [0.5, 0.6) is 0 Å². The zero-order chi connectivity index (χ0) is 16.8. The average Bonchev–Trinajstić information content (AvgIpc) is 2.77. The summed E-state index contributed by atoms with van der Waals surface area (Å²) in [6, 6.07) is 6.19. The molecule has 1 aromatic rings. The molecule has 0 radical (unpaired) electrons. The summed E-state index contributed by atoms with van der Waals surface area (Å²) < 4.78 is 0. The number of benzene rings is 1. The summed E-state index contributed by atoms with van der Waals surface area (Å²) in [5.74, 6) is -0.318. The van der Waals surface area contributed by atoms with Crippen molar-refractivity contribution in [3.63, 3.8) is 0 Å². The van der Waals surface area contributed by atoms with E-state index in [-0.39, 0.29) is 16.7 Å². The number of nitrogens with zero attached hydrogens (tertiary/aromatic N) is 1. The Balaban J connectivity index is 2.03. The molecule has 2 aliphatic heterocycles. The van der Waals surface area contributed by atoms with Gasteiger partial charge in [0.1, 0.15) is 0 Å². The van der Waals surface area contributed by atoms with E-state index in [1.807, 2.05) is 6.07 Å². The lowest BCUT2D eigenvalue weighted by Gasteiger charge is -2.42. The number of likely N-dealkylation sites (N-methyl/N-ethyl adjacent to an activating group) is 1. The first-order valence-corrected chi connectivity index (χ1v) is 8.50. The number of nitrogens with one attached hydrogen (secondary N) is 1. The van der Waals surface area contributed by atoms with Crippen LogP contribution in [0, 0.1) is 0 Å². The molecular weight excluding hydrogens is 308 g/mol. The molecule has 0 bridgehead atoms. The molecule has 4 nitrogen and oxygen atoms in total. The number of hydrogen-bond donors (Lipinski definition) is 1. The summed E-state index contributed by atoms with van der Waals surface area (Å²) in [6.45, 7) is 9.62. The monoisotopic (exact) mass is 328 g/mol. The van der Waals surface area contributed by atoms with E-state index in [0.29, 0.717) is 4.91 Å². The minimum Gasteiger partial charge on any atom is -0.363 e. The summed E-state index contributed by atoms with van der Waals surface area (Å²) in [6.07, 6.45) is 4.05. The summed E-state index contributed by atoms with van der Waals surface area (Å²) in [5, 5.41) is 1.97. The number of imide groups is 1. The first-order chi connectivity index (χ1) is 10.8. The highest BCUT2D eigenvalue weighted by Gasteiger charge is 2.30. The highest BCUT2D eigenvalue weighted by Crippen LogP contribution is 2.39. The normalized spacial score (nSPS) is 21.3. The van der Waals surface area contributed by atoms with Crippen LogP contribution < -0.4 is 10.2 Å². The van der Waals surface area contributed by atoms with E-state index in [1.54, 1.807) is 6.08 Å². The standard InChI is InChI=1S/C18H20N2O2S/c1-5-20-14-7-6-12(9-15-16(21)19-17(22)23-15)8-13(14)11(2)10-18(20,3)4/h6-10H,5H2,1-4H3,(H,19,21,22)/b15-9-. The third kappa shape index (κ3) is 2.81. The van der Waals surface area contributed by atoms with Crippen LogP contribution in [0.4, 0.5) is 10.5 Å². The second-order valence-corrected chi connectivity index (χ2v) is 7.37. The van der Waals surface area contributed by atoms with Crippen molar-refractivity contribution in [2.24, 2.45) is 0 Å². The zero-order valence-corrected chi connectivity index (χ0v) is 14.6. The molecule has 0 spiro atoms. The number of fused-ring (bicyclic) bond motifs is 1. The molecule has 0 aliphatic carbocycles. The van der Waals surface area contributed by atoms with Gasteiger partial charge in [0.2, 0.25) is 0 Å². The number of allylic oxidation sites excluding steroid dienone is 1. The van der Waals surface area contributed by atoms with Crippen LogP contribution in [0.2, 0.25) is 0 Å². The van der Waals surface area contributed by atoms with Crippen molar-refractivity contribution in [3.05, 3.63) is 40.3 Å². The predicted octanol–water partition coefficient (Wildman–Crippen LogP) is 4.03. The molecule has 0 saturated carbocycles. The summed E-state index contributed by atoms with van der Waals surface area (Å²) in [5.41, 5.74) is 4.53. The maximum Gasteiger partial charge on any atom is 0.290 e. The largest absolute Gasteiger partial charge is 0.363 e. The zero-order valence-electron chi connectivity index (χ0n) is 13.8. The quantitative estimate of drug-likeness (QED) is 0.833. The number of hydrogen-bond acceptors (Lipinski definition) is 4. The Hall–Kier alpha value is -2.01. The van der Waals surface area contributed by atoms with Crippen LogP contribution in [0.1, 0.15) is 38.8 Å². The molecule has 3 rings (SSSR count). The molecule has 1 N–H and O–H groups in total. The highest BCUT2D eigenvalue weighted by atomic mass is 32.2. The van der Waals surface area contributed by atoms with Crippen molar-refractivity contribution in [2.75, 3.05) is 11.4 Å². The second-order valence-electron chi connectivity index (χ2n) is 6.35. The molecule has 23 heavy (non-hydrogen) atoms. The molecule has 2 amide bonds. The lowest BCUT2D eigenvalue weighted by atomic mass is 9.88. The summed E-state index contributed by atoms with van der Waals surface area (Å²) >= 11 is 0.948. The van der Waals surface area contributed by atoms with Crippen LogP contribution in [-0.4, -0.2) is 23.2 Å². The molecule has 5 heteroatoms. The lowest BCUT2D eigenvalue weighted by molar-refractivity contribution is -0.115. The Morgan fingerprint density at radius 3 is 2.65 bits per heavy atom. The third-order valence-corrected chi connectivity index (χ3v) is 5.07. The fourth-order valence-electron chi connectivity index (χ4n) is 3.34. The van der Waals surface area contributed by atoms with Crippen molar-refractivity contribution >= 4 is 40.2 Å². The Kier molecular flexibility index (Phi) is 3.84. The molecular formula is C18H20N2O2S. The molecule has 0 unspecified atom stereocenters. The molecule has 2 aliphatic rings. The fraction of sp³-hybridized carbons (Fsp3) is 0.333. The van der Waals surface area contributed by atoms with E-state index < -0.39 is 0 Å². The van der Waals surface area contributed by atoms with E-state index in [0.717, 1.165) is 23.9 Å². The topological polar surface area (TPSA) is 49.4 Å². The van der Waals surface area contributed by atoms with Gasteiger partial charge < -0.3 is 4.90 Å². The number of thioether (sulfide) groups is 1. The molecule has 0 aromatic heterocycles. The Morgan fingerprint density at radius 1 is 1.30 bits per heavy atom. The number of anilines is 1. The van der Waals surface area contributed by atoms with Gasteiger partial charge in [-0.2, -0.15) is 0 Å². The number of amides is 2. The van der Waals surface area contributed by atoms with Crippen molar-refractivity contribution in [3.8, 4) is 0 Å². The smallest absolute Gasteiger partial charge is 0.290 e. The Bertz CT molecular complexity index is 762. The minimum atomic E-state index is -0.318. The number of carbonyl (C=O) groups excluding carboxylic acids is 2. The SMILES string of the molecule is CCN1c2ccc(/C=C3\SC(=O)NC3=O)cc2C(C)=CC1(C)C. The predicted molar refractivity (Wildman–Crippen MR) is 96.3 cm³/mol. The minimum absolute atomic E-state index is 0.0145. The first kappa shape index (κ1) is 15.9. The van der Waals surface area contributed by atoms with Gasteiger partial charge in [-0.15, -0.1) is 0 Å². The maximum absolute atomic E-state index is 11.7. The summed E-state index contributed by atoms with van der Waals surface area (Å²) in [7, 11) is 0. The second kappa shape index (κ2) is 5.57. The van der Waals surface area contributed by atoms with Crippen molar-refractivity contribution in [1.82, 2.24) is 5.32 Å². The van der Waals surface area contributed by atoms with Crippen LogP contribution in [0.25, 0.3) is 11.6 Å².